The smallest absolute Gasteiger partial charge is 0.145 e. The predicted octanol–water partition coefficient (Wildman–Crippen LogP) is 6.04. The number of unbranched alkanes of at least 4 members (excludes halogenated alkanes) is 9. The van der Waals surface area contributed by atoms with Crippen LogP contribution in [-0.2, 0) is 0 Å². The SMILES string of the molecule is CCCCCCCCCCCCNc1ccc(OC)cc1OC. The van der Waals surface area contributed by atoms with E-state index in [-0.39, 0.29) is 0 Å². The lowest BCUT2D eigenvalue weighted by atomic mass is 10.1. The summed E-state index contributed by atoms with van der Waals surface area (Å²) in [6, 6.07) is 5.90. The minimum atomic E-state index is 0.825. The van der Waals surface area contributed by atoms with Crippen LogP contribution in [0.15, 0.2) is 18.2 Å². The summed E-state index contributed by atoms with van der Waals surface area (Å²) in [5.74, 6) is 1.67. The van der Waals surface area contributed by atoms with Crippen LogP contribution in [0, 0.1) is 0 Å². The van der Waals surface area contributed by atoms with Crippen LogP contribution in [0.4, 0.5) is 5.69 Å². The Bertz CT molecular complexity index is 407. The van der Waals surface area contributed by atoms with E-state index in [0.29, 0.717) is 0 Å². The average Bonchev–Trinajstić information content (AvgIpc) is 2.59. The van der Waals surface area contributed by atoms with Crippen LogP contribution in [0.1, 0.15) is 71.1 Å². The molecule has 0 saturated carbocycles. The van der Waals surface area contributed by atoms with Crippen molar-refractivity contribution in [3.8, 4) is 11.5 Å². The lowest BCUT2D eigenvalue weighted by Gasteiger charge is -2.12. The van der Waals surface area contributed by atoms with Gasteiger partial charge in [0, 0.05) is 12.6 Å². The van der Waals surface area contributed by atoms with Gasteiger partial charge in [-0.3, -0.25) is 0 Å². The molecule has 0 atom stereocenters. The van der Waals surface area contributed by atoms with Crippen molar-refractivity contribution in [1.29, 1.82) is 0 Å². The van der Waals surface area contributed by atoms with E-state index in [0.717, 1.165) is 23.7 Å². The molecule has 0 spiro atoms. The van der Waals surface area contributed by atoms with Crippen LogP contribution in [-0.4, -0.2) is 20.8 Å². The molecule has 3 heteroatoms. The van der Waals surface area contributed by atoms with E-state index in [1.54, 1.807) is 14.2 Å². The van der Waals surface area contributed by atoms with Gasteiger partial charge in [-0.2, -0.15) is 0 Å². The highest BCUT2D eigenvalue weighted by molar-refractivity contribution is 5.59. The highest BCUT2D eigenvalue weighted by atomic mass is 16.5. The molecule has 0 aliphatic carbocycles. The molecule has 1 N–H and O–H groups in total. The van der Waals surface area contributed by atoms with Gasteiger partial charge in [0.2, 0.25) is 0 Å². The summed E-state index contributed by atoms with van der Waals surface area (Å²) < 4.78 is 10.6. The van der Waals surface area contributed by atoms with Crippen LogP contribution in [0.2, 0.25) is 0 Å². The largest absolute Gasteiger partial charge is 0.497 e. The van der Waals surface area contributed by atoms with Gasteiger partial charge in [-0.1, -0.05) is 64.7 Å². The predicted molar refractivity (Wildman–Crippen MR) is 99.9 cm³/mol. The zero-order valence-electron chi connectivity index (χ0n) is 15.3. The van der Waals surface area contributed by atoms with Crippen LogP contribution in [0.5, 0.6) is 11.5 Å². The normalized spacial score (nSPS) is 10.6. The molecule has 1 rings (SSSR count). The van der Waals surface area contributed by atoms with E-state index in [4.69, 9.17) is 9.47 Å². The number of hydrogen-bond acceptors (Lipinski definition) is 3. The molecule has 0 radical (unpaired) electrons. The lowest BCUT2D eigenvalue weighted by molar-refractivity contribution is 0.395. The lowest BCUT2D eigenvalue weighted by Crippen LogP contribution is -2.03. The molecule has 0 fully saturated rings. The molecule has 0 saturated heterocycles. The van der Waals surface area contributed by atoms with Crippen molar-refractivity contribution >= 4 is 5.69 Å². The molecule has 0 bridgehead atoms. The highest BCUT2D eigenvalue weighted by Crippen LogP contribution is 2.28. The third-order valence-electron chi connectivity index (χ3n) is 4.25. The Morgan fingerprint density at radius 1 is 0.783 bits per heavy atom. The first-order chi connectivity index (χ1) is 11.3. The molecular weight excluding hydrogens is 286 g/mol. The quantitative estimate of drug-likeness (QED) is 0.424. The second kappa shape index (κ2) is 13.1. The molecule has 23 heavy (non-hydrogen) atoms. The highest BCUT2D eigenvalue weighted by Gasteiger charge is 2.04. The van der Waals surface area contributed by atoms with E-state index in [1.165, 1.54) is 64.2 Å². The van der Waals surface area contributed by atoms with E-state index < -0.39 is 0 Å². The maximum atomic E-state index is 5.40. The first-order valence-electron chi connectivity index (χ1n) is 9.27. The second-order valence-electron chi connectivity index (χ2n) is 6.17. The molecule has 0 amide bonds. The molecule has 3 nitrogen and oxygen atoms in total. The molecular formula is C20H35NO2. The Labute approximate surface area is 142 Å². The minimum absolute atomic E-state index is 0.825. The summed E-state index contributed by atoms with van der Waals surface area (Å²) in [5, 5.41) is 3.46. The Morgan fingerprint density at radius 2 is 1.39 bits per heavy atom. The van der Waals surface area contributed by atoms with Crippen molar-refractivity contribution in [2.45, 2.75) is 71.1 Å². The first-order valence-corrected chi connectivity index (χ1v) is 9.27. The van der Waals surface area contributed by atoms with Gasteiger partial charge in [-0.15, -0.1) is 0 Å². The van der Waals surface area contributed by atoms with Gasteiger partial charge in [-0.05, 0) is 18.6 Å². The van der Waals surface area contributed by atoms with Crippen molar-refractivity contribution in [1.82, 2.24) is 0 Å². The maximum Gasteiger partial charge on any atom is 0.145 e. The molecule has 0 unspecified atom stereocenters. The molecule has 0 heterocycles. The molecule has 0 aliphatic heterocycles. The Hall–Kier alpha value is -1.38. The maximum absolute atomic E-state index is 5.40. The van der Waals surface area contributed by atoms with Gasteiger partial charge in [0.15, 0.2) is 0 Å². The van der Waals surface area contributed by atoms with Gasteiger partial charge < -0.3 is 14.8 Å². The molecule has 1 aromatic rings. The zero-order valence-corrected chi connectivity index (χ0v) is 15.3. The van der Waals surface area contributed by atoms with Gasteiger partial charge >= 0.3 is 0 Å². The van der Waals surface area contributed by atoms with Crippen molar-refractivity contribution in [2.75, 3.05) is 26.1 Å². The Morgan fingerprint density at radius 3 is 1.96 bits per heavy atom. The van der Waals surface area contributed by atoms with Crippen LogP contribution < -0.4 is 14.8 Å². The summed E-state index contributed by atoms with van der Waals surface area (Å²) in [6.07, 6.45) is 13.7. The molecule has 0 aliphatic rings. The summed E-state index contributed by atoms with van der Waals surface area (Å²) in [5.41, 5.74) is 1.05. The third kappa shape index (κ3) is 8.73. The fourth-order valence-corrected chi connectivity index (χ4v) is 2.78. The van der Waals surface area contributed by atoms with Crippen molar-refractivity contribution in [3.63, 3.8) is 0 Å². The minimum Gasteiger partial charge on any atom is -0.497 e. The fraction of sp³-hybridized carbons (Fsp3) is 0.700. The van der Waals surface area contributed by atoms with Crippen molar-refractivity contribution in [3.05, 3.63) is 18.2 Å². The zero-order chi connectivity index (χ0) is 16.8. The Balaban J connectivity index is 2.05. The Kier molecular flexibility index (Phi) is 11.2. The number of rotatable bonds is 14. The van der Waals surface area contributed by atoms with Crippen molar-refractivity contribution in [2.24, 2.45) is 0 Å². The van der Waals surface area contributed by atoms with E-state index in [1.807, 2.05) is 18.2 Å². The molecule has 0 aromatic heterocycles. The number of methoxy groups -OCH3 is 2. The monoisotopic (exact) mass is 321 g/mol. The number of ether oxygens (including phenoxy) is 2. The molecule has 1 aromatic carbocycles. The summed E-state index contributed by atoms with van der Waals surface area (Å²) >= 11 is 0. The number of hydrogen-bond donors (Lipinski definition) is 1. The van der Waals surface area contributed by atoms with Crippen LogP contribution >= 0.6 is 0 Å². The van der Waals surface area contributed by atoms with Gasteiger partial charge in [-0.25, -0.2) is 0 Å². The second-order valence-corrected chi connectivity index (χ2v) is 6.17. The van der Waals surface area contributed by atoms with Gasteiger partial charge in [0.05, 0.1) is 19.9 Å². The van der Waals surface area contributed by atoms with Crippen LogP contribution in [0.25, 0.3) is 0 Å². The van der Waals surface area contributed by atoms with Crippen LogP contribution in [0.3, 0.4) is 0 Å². The average molecular weight is 322 g/mol. The number of anilines is 1. The standard InChI is InChI=1S/C20H35NO2/c1-4-5-6-7-8-9-10-11-12-13-16-21-19-15-14-18(22-2)17-20(19)23-3/h14-15,17,21H,4-13,16H2,1-3H3. The molecule has 132 valence electrons. The third-order valence-corrected chi connectivity index (χ3v) is 4.25. The first kappa shape index (κ1) is 19.7. The summed E-state index contributed by atoms with van der Waals surface area (Å²) in [6.45, 7) is 3.27. The van der Waals surface area contributed by atoms with E-state index in [2.05, 4.69) is 12.2 Å². The number of benzene rings is 1. The summed E-state index contributed by atoms with van der Waals surface area (Å²) in [4.78, 5) is 0. The van der Waals surface area contributed by atoms with Gasteiger partial charge in [0.1, 0.15) is 11.5 Å². The summed E-state index contributed by atoms with van der Waals surface area (Å²) in [7, 11) is 3.37. The van der Waals surface area contributed by atoms with Gasteiger partial charge in [0.25, 0.3) is 0 Å². The van der Waals surface area contributed by atoms with E-state index in [9.17, 15) is 0 Å². The van der Waals surface area contributed by atoms with E-state index >= 15 is 0 Å². The topological polar surface area (TPSA) is 30.5 Å². The fourth-order valence-electron chi connectivity index (χ4n) is 2.78. The number of nitrogens with one attached hydrogen (secondary N) is 1. The van der Waals surface area contributed by atoms with Crippen molar-refractivity contribution < 1.29 is 9.47 Å².